The average Bonchev–Trinajstić information content (AvgIpc) is 2.56. The number of carbonyl (C=O) groups is 4. The van der Waals surface area contributed by atoms with Crippen LogP contribution >= 0.6 is 0 Å². The van der Waals surface area contributed by atoms with Crippen molar-refractivity contribution >= 4 is 23.6 Å². The van der Waals surface area contributed by atoms with Gasteiger partial charge in [-0.3, -0.25) is 19.2 Å². The van der Waals surface area contributed by atoms with Crippen LogP contribution in [0.2, 0.25) is 0 Å². The second kappa shape index (κ2) is 8.62. The summed E-state index contributed by atoms with van der Waals surface area (Å²) < 4.78 is 5.07. The van der Waals surface area contributed by atoms with Gasteiger partial charge in [0.15, 0.2) is 0 Å². The van der Waals surface area contributed by atoms with Crippen LogP contribution in [-0.4, -0.2) is 74.5 Å². The SMILES string of the molecule is COCC1CC(=O)NCC(=O)NCC(=O)NC2CCCN(C2)C1=O. The van der Waals surface area contributed by atoms with Crippen molar-refractivity contribution in [2.45, 2.75) is 25.3 Å². The van der Waals surface area contributed by atoms with E-state index in [1.807, 2.05) is 0 Å². The van der Waals surface area contributed by atoms with Gasteiger partial charge in [-0.05, 0) is 12.8 Å². The van der Waals surface area contributed by atoms with Crippen LogP contribution in [0.3, 0.4) is 0 Å². The first kappa shape index (κ1) is 18.2. The third kappa shape index (κ3) is 5.19. The zero-order chi connectivity index (χ0) is 17.5. The maximum Gasteiger partial charge on any atom is 0.239 e. The standard InChI is InChI=1S/C15H24N4O5/c1-24-9-10-5-12(20)16-6-13(21)17-7-14(22)18-11-3-2-4-19(8-11)15(10)23/h10-11H,2-9H2,1H3,(H,16,20)(H,17,21)(H,18,22). The molecule has 2 aliphatic heterocycles. The first-order chi connectivity index (χ1) is 11.5. The lowest BCUT2D eigenvalue weighted by Crippen LogP contribution is -2.54. The monoisotopic (exact) mass is 340 g/mol. The molecule has 2 bridgehead atoms. The number of ether oxygens (including phenoxy) is 1. The van der Waals surface area contributed by atoms with Crippen LogP contribution in [0.5, 0.6) is 0 Å². The lowest BCUT2D eigenvalue weighted by atomic mass is 10.00. The summed E-state index contributed by atoms with van der Waals surface area (Å²) in [4.78, 5) is 49.8. The van der Waals surface area contributed by atoms with Gasteiger partial charge in [0, 0.05) is 32.7 Å². The van der Waals surface area contributed by atoms with E-state index in [-0.39, 0.29) is 44.0 Å². The van der Waals surface area contributed by atoms with Gasteiger partial charge in [0.25, 0.3) is 0 Å². The number of nitrogens with one attached hydrogen (secondary N) is 3. The molecule has 0 aromatic rings. The summed E-state index contributed by atoms with van der Waals surface area (Å²) in [5, 5.41) is 7.74. The fourth-order valence-electron chi connectivity index (χ4n) is 2.97. The topological polar surface area (TPSA) is 117 Å². The van der Waals surface area contributed by atoms with E-state index in [0.717, 1.165) is 12.8 Å². The number of nitrogens with zero attached hydrogens (tertiary/aromatic N) is 1. The molecule has 2 atom stereocenters. The second-order valence-electron chi connectivity index (χ2n) is 6.10. The van der Waals surface area contributed by atoms with Crippen LogP contribution in [0.15, 0.2) is 0 Å². The summed E-state index contributed by atoms with van der Waals surface area (Å²) in [5.41, 5.74) is 0. The molecular weight excluding hydrogens is 316 g/mol. The van der Waals surface area contributed by atoms with Gasteiger partial charge in [-0.15, -0.1) is 0 Å². The van der Waals surface area contributed by atoms with E-state index >= 15 is 0 Å². The highest BCUT2D eigenvalue weighted by atomic mass is 16.5. The van der Waals surface area contributed by atoms with Gasteiger partial charge in [-0.1, -0.05) is 0 Å². The minimum absolute atomic E-state index is 0.0342. The van der Waals surface area contributed by atoms with Gasteiger partial charge < -0.3 is 25.6 Å². The molecule has 0 spiro atoms. The Morgan fingerprint density at radius 3 is 2.54 bits per heavy atom. The molecular formula is C15H24N4O5. The molecule has 134 valence electrons. The summed E-state index contributed by atoms with van der Waals surface area (Å²) in [6.07, 6.45) is 1.52. The molecule has 0 aromatic carbocycles. The lowest BCUT2D eigenvalue weighted by Gasteiger charge is -2.35. The van der Waals surface area contributed by atoms with Gasteiger partial charge in [-0.2, -0.15) is 0 Å². The molecule has 3 N–H and O–H groups in total. The predicted octanol–water partition coefficient (Wildman–Crippen LogP) is -2.01. The molecule has 24 heavy (non-hydrogen) atoms. The molecule has 2 fully saturated rings. The number of hydrogen-bond acceptors (Lipinski definition) is 5. The van der Waals surface area contributed by atoms with Crippen LogP contribution < -0.4 is 16.0 Å². The second-order valence-corrected chi connectivity index (χ2v) is 6.10. The highest BCUT2D eigenvalue weighted by molar-refractivity contribution is 5.90. The Morgan fingerprint density at radius 2 is 1.79 bits per heavy atom. The fraction of sp³-hybridized carbons (Fsp3) is 0.733. The van der Waals surface area contributed by atoms with E-state index in [1.54, 1.807) is 4.90 Å². The zero-order valence-electron chi connectivity index (χ0n) is 13.8. The number of carbonyl (C=O) groups excluding carboxylic acids is 4. The molecule has 0 radical (unpaired) electrons. The lowest BCUT2D eigenvalue weighted by molar-refractivity contribution is -0.142. The first-order valence-corrected chi connectivity index (χ1v) is 8.10. The third-order valence-corrected chi connectivity index (χ3v) is 4.14. The molecule has 2 rings (SSSR count). The minimum Gasteiger partial charge on any atom is -0.384 e. The van der Waals surface area contributed by atoms with Crippen molar-refractivity contribution in [1.82, 2.24) is 20.9 Å². The number of amides is 4. The molecule has 2 unspecified atom stereocenters. The Hall–Kier alpha value is -2.16. The fourth-order valence-corrected chi connectivity index (χ4v) is 2.97. The number of piperidine rings is 1. The van der Waals surface area contributed by atoms with E-state index < -0.39 is 17.7 Å². The predicted molar refractivity (Wildman–Crippen MR) is 83.7 cm³/mol. The molecule has 2 heterocycles. The Morgan fingerprint density at radius 1 is 1.08 bits per heavy atom. The van der Waals surface area contributed by atoms with Crippen molar-refractivity contribution in [2.24, 2.45) is 5.92 Å². The van der Waals surface area contributed by atoms with Crippen LogP contribution in [0.4, 0.5) is 0 Å². The Kier molecular flexibility index (Phi) is 6.53. The average molecular weight is 340 g/mol. The van der Waals surface area contributed by atoms with E-state index in [2.05, 4.69) is 16.0 Å². The summed E-state index contributed by atoms with van der Waals surface area (Å²) in [5.74, 6) is -1.91. The number of rotatable bonds is 2. The van der Waals surface area contributed by atoms with E-state index in [1.165, 1.54) is 7.11 Å². The maximum absolute atomic E-state index is 12.7. The molecule has 4 amide bonds. The molecule has 0 aromatic heterocycles. The number of methoxy groups -OCH3 is 1. The van der Waals surface area contributed by atoms with E-state index in [9.17, 15) is 19.2 Å². The van der Waals surface area contributed by atoms with Gasteiger partial charge in [0.2, 0.25) is 23.6 Å². The van der Waals surface area contributed by atoms with Gasteiger partial charge in [0.1, 0.15) is 0 Å². The quantitative estimate of drug-likeness (QED) is 0.537. The van der Waals surface area contributed by atoms with Crippen LogP contribution in [0.1, 0.15) is 19.3 Å². The van der Waals surface area contributed by atoms with E-state index in [4.69, 9.17) is 4.74 Å². The van der Waals surface area contributed by atoms with Gasteiger partial charge >= 0.3 is 0 Å². The molecule has 2 aliphatic rings. The van der Waals surface area contributed by atoms with Gasteiger partial charge in [-0.25, -0.2) is 0 Å². The zero-order valence-corrected chi connectivity index (χ0v) is 13.8. The summed E-state index contributed by atoms with van der Waals surface area (Å²) in [6, 6.07) is -0.146. The van der Waals surface area contributed by atoms with Crippen molar-refractivity contribution in [3.05, 3.63) is 0 Å². The maximum atomic E-state index is 12.7. The molecule has 2 saturated heterocycles. The molecule has 9 nitrogen and oxygen atoms in total. The van der Waals surface area contributed by atoms with Gasteiger partial charge in [0.05, 0.1) is 25.6 Å². The number of fused-ring (bicyclic) bond motifs is 2. The minimum atomic E-state index is -0.601. The van der Waals surface area contributed by atoms with Crippen molar-refractivity contribution in [1.29, 1.82) is 0 Å². The summed E-state index contributed by atoms with van der Waals surface area (Å²) in [6.45, 7) is 0.759. The normalized spacial score (nSPS) is 27.0. The van der Waals surface area contributed by atoms with Crippen molar-refractivity contribution in [3.63, 3.8) is 0 Å². The summed E-state index contributed by atoms with van der Waals surface area (Å²) in [7, 11) is 1.48. The molecule has 0 saturated carbocycles. The van der Waals surface area contributed by atoms with Crippen molar-refractivity contribution in [2.75, 3.05) is 39.9 Å². The van der Waals surface area contributed by atoms with Crippen molar-refractivity contribution in [3.8, 4) is 0 Å². The molecule has 0 aliphatic carbocycles. The Bertz CT molecular complexity index is 510. The third-order valence-electron chi connectivity index (χ3n) is 4.14. The van der Waals surface area contributed by atoms with E-state index in [0.29, 0.717) is 13.1 Å². The Labute approximate surface area is 140 Å². The van der Waals surface area contributed by atoms with Crippen molar-refractivity contribution < 1.29 is 23.9 Å². The largest absolute Gasteiger partial charge is 0.384 e. The smallest absolute Gasteiger partial charge is 0.239 e. The van der Waals surface area contributed by atoms with Crippen LogP contribution in [0, 0.1) is 5.92 Å². The highest BCUT2D eigenvalue weighted by Crippen LogP contribution is 2.16. The first-order valence-electron chi connectivity index (χ1n) is 8.10. The molecule has 9 heteroatoms. The van der Waals surface area contributed by atoms with Crippen LogP contribution in [0.25, 0.3) is 0 Å². The highest BCUT2D eigenvalue weighted by Gasteiger charge is 2.31. The summed E-state index contributed by atoms with van der Waals surface area (Å²) >= 11 is 0. The Balaban J connectivity index is 2.13. The number of hydrogen-bond donors (Lipinski definition) is 3. The van der Waals surface area contributed by atoms with Crippen LogP contribution in [-0.2, 0) is 23.9 Å².